The molecule has 1 amide bonds. The fraction of sp³-hybridized carbons (Fsp3) is 0.0870. The van der Waals surface area contributed by atoms with E-state index in [0.29, 0.717) is 16.3 Å². The van der Waals surface area contributed by atoms with Crippen molar-refractivity contribution in [3.63, 3.8) is 0 Å². The molecule has 0 bridgehead atoms. The van der Waals surface area contributed by atoms with Crippen molar-refractivity contribution >= 4 is 34.6 Å². The summed E-state index contributed by atoms with van der Waals surface area (Å²) in [5.74, 6) is -0.367. The van der Waals surface area contributed by atoms with Crippen LogP contribution in [0.25, 0.3) is 11.8 Å². The number of nitrogens with zero attached hydrogens (tertiary/aromatic N) is 3. The number of nitrogens with one attached hydrogen (secondary N) is 1. The first-order valence-electron chi connectivity index (χ1n) is 9.37. The van der Waals surface area contributed by atoms with Crippen molar-refractivity contribution in [1.29, 1.82) is 5.41 Å². The Morgan fingerprint density at radius 2 is 1.60 bits per heavy atom. The van der Waals surface area contributed by atoms with Crippen LogP contribution in [-0.4, -0.2) is 20.4 Å². The van der Waals surface area contributed by atoms with Gasteiger partial charge in [-0.3, -0.25) is 19.7 Å². The van der Waals surface area contributed by atoms with Crippen molar-refractivity contribution in [3.8, 4) is 5.69 Å². The minimum atomic E-state index is -0.367. The highest BCUT2D eigenvalue weighted by molar-refractivity contribution is 8.19. The maximum Gasteiger partial charge on any atom is 0.296 e. The maximum atomic E-state index is 13.2. The number of benzene rings is 2. The number of aromatic nitrogens is 2. The maximum absolute atomic E-state index is 13.2. The first kappa shape index (κ1) is 19.7. The number of carbonyl (C=O) groups is 1. The van der Waals surface area contributed by atoms with E-state index in [0.717, 1.165) is 17.3 Å². The van der Waals surface area contributed by atoms with E-state index in [1.54, 1.807) is 30.8 Å². The number of hydrogen-bond donors (Lipinski definition) is 1. The Morgan fingerprint density at radius 3 is 2.27 bits per heavy atom. The number of allylic oxidation sites excluding steroid dienone is 2. The molecular formula is C23H20N4O2S. The minimum absolute atomic E-state index is 0.0189. The lowest BCUT2D eigenvalue weighted by Crippen LogP contribution is -2.33. The number of anilines is 1. The van der Waals surface area contributed by atoms with Crippen molar-refractivity contribution in [2.45, 2.75) is 6.92 Å². The second-order valence-corrected chi connectivity index (χ2v) is 7.79. The molecule has 1 aliphatic rings. The summed E-state index contributed by atoms with van der Waals surface area (Å²) in [6.07, 6.45) is 5.36. The summed E-state index contributed by atoms with van der Waals surface area (Å²) in [6.45, 7) is 1.78. The van der Waals surface area contributed by atoms with Crippen LogP contribution in [-0.2, 0) is 11.8 Å². The molecule has 2 heterocycles. The van der Waals surface area contributed by atoms with Gasteiger partial charge in [0.05, 0.1) is 16.3 Å². The van der Waals surface area contributed by atoms with Crippen LogP contribution in [0.2, 0.25) is 0 Å². The fourth-order valence-electron chi connectivity index (χ4n) is 3.33. The van der Waals surface area contributed by atoms with Crippen LogP contribution in [0.5, 0.6) is 0 Å². The summed E-state index contributed by atoms with van der Waals surface area (Å²) >= 11 is 1.05. The normalized spacial score (nSPS) is 15.7. The lowest BCUT2D eigenvalue weighted by Gasteiger charge is -2.12. The smallest absolute Gasteiger partial charge is 0.283 e. The number of amides is 1. The second kappa shape index (κ2) is 8.04. The van der Waals surface area contributed by atoms with Gasteiger partial charge in [0, 0.05) is 7.05 Å². The van der Waals surface area contributed by atoms with Crippen molar-refractivity contribution in [1.82, 2.24) is 9.36 Å². The molecule has 2 aromatic carbocycles. The van der Waals surface area contributed by atoms with Crippen LogP contribution in [0.1, 0.15) is 11.3 Å². The van der Waals surface area contributed by atoms with Crippen LogP contribution in [0.15, 0.2) is 82.5 Å². The molecule has 30 heavy (non-hydrogen) atoms. The Labute approximate surface area is 178 Å². The fourth-order valence-corrected chi connectivity index (χ4v) is 4.13. The highest BCUT2D eigenvalue weighted by Crippen LogP contribution is 2.34. The van der Waals surface area contributed by atoms with E-state index in [-0.39, 0.29) is 22.3 Å². The van der Waals surface area contributed by atoms with Gasteiger partial charge in [0.15, 0.2) is 5.17 Å². The molecule has 1 N–H and O–H groups in total. The van der Waals surface area contributed by atoms with Crippen LogP contribution < -0.4 is 10.5 Å². The summed E-state index contributed by atoms with van der Waals surface area (Å²) in [7, 11) is 1.77. The Bertz CT molecular complexity index is 1240. The number of thioether (sulfide) groups is 1. The van der Waals surface area contributed by atoms with Crippen molar-refractivity contribution in [3.05, 3.63) is 99.3 Å². The van der Waals surface area contributed by atoms with Gasteiger partial charge in [-0.05, 0) is 42.5 Å². The van der Waals surface area contributed by atoms with Crippen molar-refractivity contribution < 1.29 is 4.79 Å². The monoisotopic (exact) mass is 416 g/mol. The lowest BCUT2D eigenvalue weighted by atomic mass is 10.2. The molecule has 0 unspecified atom stereocenters. The third-order valence-electron chi connectivity index (χ3n) is 4.91. The SMILES string of the molecule is Cc1c(N2C(=N)SC(=CC=Cc3ccccc3)C2=O)c(=O)n(-c2ccccc2)n1C. The largest absolute Gasteiger partial charge is 0.296 e. The third-order valence-corrected chi connectivity index (χ3v) is 5.81. The predicted octanol–water partition coefficient (Wildman–Crippen LogP) is 4.10. The minimum Gasteiger partial charge on any atom is -0.283 e. The van der Waals surface area contributed by atoms with E-state index >= 15 is 0 Å². The van der Waals surface area contributed by atoms with Gasteiger partial charge >= 0.3 is 0 Å². The van der Waals surface area contributed by atoms with E-state index in [1.165, 1.54) is 9.58 Å². The van der Waals surface area contributed by atoms with E-state index in [9.17, 15) is 9.59 Å². The Morgan fingerprint density at radius 1 is 0.967 bits per heavy atom. The molecule has 0 saturated carbocycles. The molecular weight excluding hydrogens is 396 g/mol. The van der Waals surface area contributed by atoms with Gasteiger partial charge in [0.25, 0.3) is 11.5 Å². The van der Waals surface area contributed by atoms with Gasteiger partial charge in [-0.15, -0.1) is 0 Å². The lowest BCUT2D eigenvalue weighted by molar-refractivity contribution is -0.113. The first-order chi connectivity index (χ1) is 14.5. The molecule has 0 spiro atoms. The highest BCUT2D eigenvalue weighted by atomic mass is 32.2. The summed E-state index contributed by atoms with van der Waals surface area (Å²) in [4.78, 5) is 27.8. The summed E-state index contributed by atoms with van der Waals surface area (Å²) < 4.78 is 3.21. The summed E-state index contributed by atoms with van der Waals surface area (Å²) in [6, 6.07) is 19.0. The van der Waals surface area contributed by atoms with Gasteiger partial charge in [-0.25, -0.2) is 9.58 Å². The zero-order chi connectivity index (χ0) is 21.3. The molecule has 1 fully saturated rings. The van der Waals surface area contributed by atoms with Crippen molar-refractivity contribution in [2.24, 2.45) is 7.05 Å². The van der Waals surface area contributed by atoms with Gasteiger partial charge < -0.3 is 0 Å². The molecule has 7 heteroatoms. The Balaban J connectivity index is 1.69. The predicted molar refractivity (Wildman–Crippen MR) is 122 cm³/mol. The van der Waals surface area contributed by atoms with Crippen LogP contribution >= 0.6 is 11.8 Å². The standard InChI is InChI=1S/C23H20N4O2S/c1-16-20(22(29)27(25(16)2)18-13-7-4-8-14-18)26-21(28)19(30-23(26)24)15-9-12-17-10-5-3-6-11-17/h3-15,24H,1-2H3. The van der Waals surface area contributed by atoms with Crippen LogP contribution in [0.3, 0.4) is 0 Å². The number of rotatable bonds is 4. The van der Waals surface area contributed by atoms with E-state index in [4.69, 9.17) is 5.41 Å². The number of amidine groups is 1. The zero-order valence-electron chi connectivity index (χ0n) is 16.6. The first-order valence-corrected chi connectivity index (χ1v) is 10.2. The van der Waals surface area contributed by atoms with Crippen molar-refractivity contribution in [2.75, 3.05) is 4.90 Å². The summed E-state index contributed by atoms with van der Waals surface area (Å²) in [5.41, 5.74) is 2.21. The van der Waals surface area contributed by atoms with E-state index in [1.807, 2.05) is 66.7 Å². The Hall–Kier alpha value is -3.58. The molecule has 0 radical (unpaired) electrons. The topological polar surface area (TPSA) is 71.1 Å². The molecule has 1 aromatic heterocycles. The number of carbonyl (C=O) groups excluding carboxylic acids is 1. The number of hydrogen-bond acceptors (Lipinski definition) is 4. The molecule has 4 rings (SSSR count). The van der Waals surface area contributed by atoms with Gasteiger partial charge in [0.2, 0.25) is 0 Å². The van der Waals surface area contributed by atoms with Gasteiger partial charge in [-0.2, -0.15) is 0 Å². The second-order valence-electron chi connectivity index (χ2n) is 6.76. The van der Waals surface area contributed by atoms with E-state index < -0.39 is 0 Å². The van der Waals surface area contributed by atoms with Crippen LogP contribution in [0.4, 0.5) is 5.69 Å². The van der Waals surface area contributed by atoms with Gasteiger partial charge in [-0.1, -0.05) is 60.7 Å². The highest BCUT2D eigenvalue weighted by Gasteiger charge is 2.37. The zero-order valence-corrected chi connectivity index (χ0v) is 17.4. The molecule has 1 saturated heterocycles. The van der Waals surface area contributed by atoms with E-state index in [2.05, 4.69) is 0 Å². The molecule has 1 aliphatic heterocycles. The molecule has 3 aromatic rings. The van der Waals surface area contributed by atoms with Crippen LogP contribution in [0, 0.1) is 12.3 Å². The molecule has 0 aliphatic carbocycles. The Kier molecular flexibility index (Phi) is 5.29. The quantitative estimate of drug-likeness (QED) is 0.651. The third kappa shape index (κ3) is 3.44. The molecule has 150 valence electrons. The number of para-hydroxylation sites is 1. The summed E-state index contributed by atoms with van der Waals surface area (Å²) in [5, 5.41) is 8.35. The average molecular weight is 417 g/mol. The molecule has 0 atom stereocenters. The average Bonchev–Trinajstić information content (AvgIpc) is 3.15. The molecule has 6 nitrogen and oxygen atoms in total. The van der Waals surface area contributed by atoms with Gasteiger partial charge in [0.1, 0.15) is 5.69 Å².